The monoisotopic (exact) mass is 1750 g/mol. The number of fused-ring (bicyclic) bond motifs is 28. The lowest BCUT2D eigenvalue weighted by Gasteiger charge is -2.28. The Morgan fingerprint density at radius 2 is 0.545 bits per heavy atom. The van der Waals surface area contributed by atoms with Crippen molar-refractivity contribution in [3.63, 3.8) is 0 Å². The molecule has 132 heavy (non-hydrogen) atoms. The molecule has 8 aromatic heterocycles. The van der Waals surface area contributed by atoms with Gasteiger partial charge in [-0.15, -0.1) is 34.0 Å². The van der Waals surface area contributed by atoms with Gasteiger partial charge < -0.3 is 13.7 Å². The molecular weight excluding hydrogens is 1650 g/mol. The quantitative estimate of drug-likeness (QED) is 0.126. The van der Waals surface area contributed by atoms with E-state index in [0.717, 1.165) is 5.82 Å². The lowest BCUT2D eigenvalue weighted by molar-refractivity contribution is 0.663. The van der Waals surface area contributed by atoms with Gasteiger partial charge in [-0.1, -0.05) is 344 Å². The Bertz CT molecular complexity index is 8560. The van der Waals surface area contributed by atoms with Gasteiger partial charge >= 0.3 is 0 Å². The third-order valence-electron chi connectivity index (χ3n) is 29.7. The number of hydrogen-bond acceptors (Lipinski definition) is 4. The van der Waals surface area contributed by atoms with Gasteiger partial charge in [-0.3, -0.25) is 4.57 Å². The zero-order valence-corrected chi connectivity index (χ0v) is 79.2. The van der Waals surface area contributed by atoms with Crippen molar-refractivity contribution in [2.24, 2.45) is 0 Å². The van der Waals surface area contributed by atoms with Crippen LogP contribution in [0.25, 0.3) is 182 Å². The number of hydrogen-bond donors (Lipinski definition) is 0. The number of pyridine rings is 1. The van der Waals surface area contributed by atoms with Gasteiger partial charge in [-0.2, -0.15) is 0 Å². The molecule has 8 heterocycles. The summed E-state index contributed by atoms with van der Waals surface area (Å²) in [5.74, 6) is 0.952. The van der Waals surface area contributed by atoms with Crippen molar-refractivity contribution in [1.82, 2.24) is 23.3 Å². The Morgan fingerprint density at radius 1 is 0.250 bits per heavy atom. The molecule has 1 aliphatic carbocycles. The normalized spacial score (nSPS) is 12.7. The molecule has 0 atom stereocenters. The summed E-state index contributed by atoms with van der Waals surface area (Å²) in [5.41, 5.74) is 42.5. The first-order valence-corrected chi connectivity index (χ1v) is 48.8. The predicted octanol–water partition coefficient (Wildman–Crippen LogP) is 29.3. The molecule has 0 fully saturated rings. The molecule has 632 valence electrons. The van der Waals surface area contributed by atoms with Crippen LogP contribution in [0.2, 0.25) is 0 Å². The molecule has 0 spiro atoms. The molecule has 1 aliphatic rings. The molecule has 26 rings (SSSR count). The number of thiophene rings is 3. The van der Waals surface area contributed by atoms with Crippen LogP contribution in [0.5, 0.6) is 0 Å². The van der Waals surface area contributed by atoms with Crippen LogP contribution in [0.15, 0.2) is 322 Å². The van der Waals surface area contributed by atoms with Gasteiger partial charge in [0.1, 0.15) is 5.82 Å². The highest BCUT2D eigenvalue weighted by atomic mass is 32.1. The zero-order chi connectivity index (χ0) is 89.4. The maximum atomic E-state index is 5.33. The maximum absolute atomic E-state index is 5.33. The first-order valence-electron chi connectivity index (χ1n) is 46.4. The first kappa shape index (κ1) is 80.0. The number of nitrogens with zero attached hydrogens (tertiary/aromatic N) is 5. The second-order valence-electron chi connectivity index (χ2n) is 38.2. The molecule has 5 nitrogen and oxygen atoms in total. The number of benzene rings is 17. The minimum absolute atomic E-state index is 0.0792. The van der Waals surface area contributed by atoms with E-state index in [1.165, 1.54) is 287 Å². The minimum atomic E-state index is -0.135. The Morgan fingerprint density at radius 3 is 0.909 bits per heavy atom. The van der Waals surface area contributed by atoms with Crippen LogP contribution < -0.4 is 32.8 Å². The molecule has 0 amide bonds. The van der Waals surface area contributed by atoms with E-state index >= 15 is 0 Å². The van der Waals surface area contributed by atoms with E-state index in [1.54, 1.807) is 0 Å². The summed E-state index contributed by atoms with van der Waals surface area (Å²) in [6.07, 6.45) is 2.14. The number of para-hydroxylation sites is 4. The summed E-state index contributed by atoms with van der Waals surface area (Å²) in [7, 11) is 0. The fourth-order valence-electron chi connectivity index (χ4n) is 24.6. The van der Waals surface area contributed by atoms with E-state index in [1.807, 2.05) is 34.0 Å². The van der Waals surface area contributed by atoms with Crippen molar-refractivity contribution in [2.45, 2.75) is 102 Å². The third kappa shape index (κ3) is 11.8. The summed E-state index contributed by atoms with van der Waals surface area (Å²) in [6.45, 7) is 32.5. The van der Waals surface area contributed by atoms with Crippen LogP contribution >= 0.6 is 34.0 Å². The Labute approximate surface area is 780 Å². The smallest absolute Gasteiger partial charge is 0.244 e. The highest BCUT2D eigenvalue weighted by Gasteiger charge is 2.40. The molecule has 25 aromatic rings. The van der Waals surface area contributed by atoms with E-state index < -0.39 is 0 Å². The van der Waals surface area contributed by atoms with Crippen molar-refractivity contribution in [3.05, 3.63) is 400 Å². The van der Waals surface area contributed by atoms with Crippen molar-refractivity contribution in [1.29, 1.82) is 0 Å². The summed E-state index contributed by atoms with van der Waals surface area (Å²) < 4.78 is 18.1. The second-order valence-corrected chi connectivity index (χ2v) is 41.4. The van der Waals surface area contributed by atoms with Gasteiger partial charge in [-0.25, -0.2) is 4.98 Å². The summed E-state index contributed by atoms with van der Waals surface area (Å²) in [6, 6.07) is 119. The molecule has 10 heteroatoms. The average Bonchev–Trinajstić information content (AvgIpc) is 1.52. The van der Waals surface area contributed by atoms with Crippen molar-refractivity contribution in [3.8, 4) is 34.0 Å². The van der Waals surface area contributed by atoms with Crippen LogP contribution in [0, 0.1) is 83.1 Å². The van der Waals surface area contributed by atoms with Crippen LogP contribution in [-0.2, 0) is 5.41 Å². The lowest BCUT2D eigenvalue weighted by atomic mass is 9.33. The second kappa shape index (κ2) is 30.0. The summed E-state index contributed by atoms with van der Waals surface area (Å²) in [5, 5.41) is 18.1. The molecule has 0 bridgehead atoms. The molecule has 0 saturated heterocycles. The van der Waals surface area contributed by atoms with Gasteiger partial charge in [-0.05, 0) is 190 Å². The fraction of sp³-hybridized carbons (Fsp3) is 0.123. The van der Waals surface area contributed by atoms with E-state index in [4.69, 9.17) is 4.98 Å². The van der Waals surface area contributed by atoms with E-state index in [2.05, 4.69) is 437 Å². The SMILES string of the molecule is Cc1cc(-n2c3ccccc3c3ccc4c5ccccc5sc4c32)cc(C)c1B(c1c(C)cc(-n2c3ccccc3c3ccc4c5ccccc5sc4c32)cc1C)c1c(C)cc(-n2c3ccccc3c3ccc4c5ccccc5sc4c32)cc1C.Cc1cc(C)c(B(c2ccc(-n3c4ccccc4c4ccc5c(c43)C(C)(C)c3ccccc3-5)nc2)c2c(C)cc(C)cc2C)c(C)c1. The van der Waals surface area contributed by atoms with Crippen LogP contribution in [0.3, 0.4) is 0 Å². The fourth-order valence-corrected chi connectivity index (χ4v) is 28.3. The molecule has 0 saturated carbocycles. The maximum Gasteiger partial charge on any atom is 0.244 e. The predicted molar refractivity (Wildman–Crippen MR) is 576 cm³/mol. The minimum Gasteiger partial charge on any atom is -0.308 e. The number of aryl methyl sites for hydroxylation is 12. The highest BCUT2D eigenvalue weighted by Crippen LogP contribution is 2.54. The van der Waals surface area contributed by atoms with Crippen LogP contribution in [0.1, 0.15) is 91.7 Å². The topological polar surface area (TPSA) is 32.6 Å². The van der Waals surface area contributed by atoms with E-state index in [0.29, 0.717) is 0 Å². The Balaban J connectivity index is 0.000000168. The third-order valence-corrected chi connectivity index (χ3v) is 33.2. The van der Waals surface area contributed by atoms with Crippen molar-refractivity contribution < 1.29 is 0 Å². The molecule has 0 radical (unpaired) electrons. The highest BCUT2D eigenvalue weighted by molar-refractivity contribution is 7.27. The molecular formula is C122H95B2N5S3. The molecule has 0 aliphatic heterocycles. The number of rotatable bonds is 10. The van der Waals surface area contributed by atoms with E-state index in [9.17, 15) is 0 Å². The van der Waals surface area contributed by atoms with Crippen LogP contribution in [0.4, 0.5) is 0 Å². The lowest BCUT2D eigenvalue weighted by Crippen LogP contribution is -2.57. The molecule has 0 unspecified atom stereocenters. The van der Waals surface area contributed by atoms with Gasteiger partial charge in [0.05, 0.1) is 58.2 Å². The van der Waals surface area contributed by atoms with Crippen molar-refractivity contribution in [2.75, 3.05) is 0 Å². The van der Waals surface area contributed by atoms with Crippen molar-refractivity contribution >= 4 is 228 Å². The van der Waals surface area contributed by atoms with Gasteiger partial charge in [0.25, 0.3) is 0 Å². The number of aromatic nitrogens is 5. The summed E-state index contributed by atoms with van der Waals surface area (Å²) in [4.78, 5) is 5.33. The zero-order valence-electron chi connectivity index (χ0n) is 76.7. The standard InChI is InChI=1S/C78H54BN3S3.C44H41BN2/c1-43-37-49(80-64-25-13-7-19-52(64)58-31-34-61-55-22-10-16-28-67(55)83-76(61)73(58)80)38-44(2)70(43)79(71-45(3)39-50(40-46(71)4)81-65-26-14-8-20-53(65)59-32-35-62-56-23-11-17-29-68(56)84-77(62)74(59)81)72-47(5)41-51(42-48(72)6)82-66-27-15-9-21-54(66)60-33-36-63-57-24-12-18-30-69(57)85-78(63)75(60)82;1-26-21-28(3)41(29(4)22-26)45(42-30(5)23-27(2)24-31(42)6)32-17-20-39(46-25-32)47-38-16-12-10-14-34(38)36-19-18-35-33-13-9-11-15-37(33)44(7,8)40(35)43(36)47/h7-42H,1-6H3;9-25H,1-8H3. The van der Waals surface area contributed by atoms with Gasteiger partial charge in [0.2, 0.25) is 13.4 Å². The first-order chi connectivity index (χ1) is 64.2. The molecule has 17 aromatic carbocycles. The van der Waals surface area contributed by atoms with E-state index in [-0.39, 0.29) is 18.8 Å². The average molecular weight is 1750 g/mol. The summed E-state index contributed by atoms with van der Waals surface area (Å²) >= 11 is 5.74. The van der Waals surface area contributed by atoms with Gasteiger partial charge in [0, 0.05) is 118 Å². The van der Waals surface area contributed by atoms with Crippen LogP contribution in [-0.4, -0.2) is 36.7 Å². The Hall–Kier alpha value is -14.1. The largest absolute Gasteiger partial charge is 0.308 e. The van der Waals surface area contributed by atoms with Gasteiger partial charge in [0.15, 0.2) is 0 Å². The molecule has 0 N–H and O–H groups in total. The Kier molecular flexibility index (Phi) is 18.2.